The number of thiazole rings is 2. The molecule has 0 atom stereocenters. The Labute approximate surface area is 445 Å². The van der Waals surface area contributed by atoms with Crippen molar-refractivity contribution in [2.75, 3.05) is 5.73 Å². The van der Waals surface area contributed by atoms with Crippen LogP contribution in [0.5, 0.6) is 0 Å². The molecule has 23 heteroatoms. The zero-order chi connectivity index (χ0) is 51.5. The molecule has 0 saturated heterocycles. The van der Waals surface area contributed by atoms with Gasteiger partial charge >= 0.3 is 51.7 Å². The minimum atomic E-state index is -3.77. The molecule has 6 N–H and O–H groups in total. The number of hydrogen-bond donors (Lipinski definition) is 5. The van der Waals surface area contributed by atoms with Crippen LogP contribution in [0.4, 0.5) is 15.3 Å². The van der Waals surface area contributed by atoms with E-state index >= 15 is 0 Å². The molecule has 2 aromatic carbocycles. The fourth-order valence-corrected chi connectivity index (χ4v) is 14.0. The zero-order valence-corrected chi connectivity index (χ0v) is 49.5. The number of nitrogens with one attached hydrogen (secondary N) is 4. The first-order valence-electron chi connectivity index (χ1n) is 22.5. The van der Waals surface area contributed by atoms with Gasteiger partial charge in [-0.25, -0.2) is 45.8 Å². The molecule has 0 bridgehead atoms. The van der Waals surface area contributed by atoms with E-state index in [9.17, 15) is 26.4 Å². The van der Waals surface area contributed by atoms with Gasteiger partial charge in [-0.1, -0.05) is 28.1 Å². The number of rotatable bonds is 12. The van der Waals surface area contributed by atoms with Crippen LogP contribution in [-0.2, 0) is 40.9 Å². The predicted octanol–water partition coefficient (Wildman–Crippen LogP) is 12.1. The Morgan fingerprint density at radius 2 is 1.03 bits per heavy atom. The first kappa shape index (κ1) is 59.4. The number of nitrogen functional groups attached to an aromatic ring is 1. The van der Waals surface area contributed by atoms with E-state index in [-0.39, 0.29) is 52.2 Å². The van der Waals surface area contributed by atoms with Crippen molar-refractivity contribution in [1.29, 1.82) is 0 Å². The van der Waals surface area contributed by atoms with E-state index in [1.54, 1.807) is 51.4 Å². The SMILES string of the molecule is CC(C)OC(=O)NC1CCC(c2ncc(-c3ccc(Br)cc3S(=O)(=O)NC(C)(C)C)s2)CC1.CC(C)OC(=O)NC1CCC(c2ncc(-c3ccc(N)cc3S(=O)(=O)NC(C)(C)C)s2)CC1.[Br][Cu][Br]. The van der Waals surface area contributed by atoms with E-state index < -0.39 is 31.1 Å². The zero-order valence-electron chi connectivity index (χ0n) is 40.5. The summed E-state index contributed by atoms with van der Waals surface area (Å²) in [6, 6.07) is 10.5. The number of benzene rings is 2. The molecule has 4 aromatic rings. The van der Waals surface area contributed by atoms with Crippen molar-refractivity contribution in [3.63, 3.8) is 0 Å². The monoisotopic (exact) mass is 1270 g/mol. The van der Waals surface area contributed by atoms with E-state index in [0.717, 1.165) is 71.1 Å². The quantitative estimate of drug-likeness (QED) is 0.0663. The van der Waals surface area contributed by atoms with Gasteiger partial charge in [0, 0.05) is 68.7 Å². The van der Waals surface area contributed by atoms with Gasteiger partial charge < -0.3 is 25.8 Å². The molecular weight excluding hydrogens is 1210 g/mol. The van der Waals surface area contributed by atoms with Crippen molar-refractivity contribution in [3.8, 4) is 20.9 Å². The molecule has 389 valence electrons. The van der Waals surface area contributed by atoms with Crippen molar-refractivity contribution in [1.82, 2.24) is 30.0 Å². The maximum atomic E-state index is 13.1. The number of nitrogens with zero attached hydrogens (tertiary/aromatic N) is 2. The second kappa shape index (κ2) is 26.2. The molecule has 2 aromatic heterocycles. The fraction of sp³-hybridized carbons (Fsp3) is 0.565. The average molecular weight is 1280 g/mol. The molecular formula is C46H66Br3CuN7O8S4. The Balaban J connectivity index is 0.000000284. The molecule has 0 spiro atoms. The van der Waals surface area contributed by atoms with Crippen LogP contribution < -0.4 is 25.8 Å². The van der Waals surface area contributed by atoms with Crippen molar-refractivity contribution >= 4 is 105 Å². The van der Waals surface area contributed by atoms with Gasteiger partial charge in [-0.3, -0.25) is 0 Å². The Morgan fingerprint density at radius 3 is 1.39 bits per heavy atom. The van der Waals surface area contributed by atoms with Crippen molar-refractivity contribution < 1.29 is 47.2 Å². The van der Waals surface area contributed by atoms with Crippen molar-refractivity contribution in [3.05, 3.63) is 63.3 Å². The molecule has 2 aliphatic rings. The van der Waals surface area contributed by atoms with Crippen LogP contribution in [0.3, 0.4) is 0 Å². The number of sulfonamides is 2. The molecule has 0 aliphatic heterocycles. The van der Waals surface area contributed by atoms with Crippen LogP contribution in [0.1, 0.15) is 142 Å². The van der Waals surface area contributed by atoms with Crippen LogP contribution in [0.15, 0.2) is 63.1 Å². The van der Waals surface area contributed by atoms with Crippen molar-refractivity contribution in [2.45, 2.75) is 178 Å². The summed E-state index contributed by atoms with van der Waals surface area (Å²) in [6.07, 6.45) is 9.55. The van der Waals surface area contributed by atoms with Crippen LogP contribution in [-0.4, -0.2) is 74.4 Å². The average Bonchev–Trinajstić information content (AvgIpc) is 3.91. The molecule has 2 heterocycles. The third-order valence-electron chi connectivity index (χ3n) is 10.5. The van der Waals surface area contributed by atoms with Gasteiger partial charge in [-0.15, -0.1) is 22.7 Å². The van der Waals surface area contributed by atoms with Gasteiger partial charge in [0.25, 0.3) is 0 Å². The Bertz CT molecular complexity index is 2380. The first-order valence-corrected chi connectivity index (χ1v) is 32.6. The van der Waals surface area contributed by atoms with Crippen LogP contribution >= 0.6 is 66.8 Å². The summed E-state index contributed by atoms with van der Waals surface area (Å²) >= 11 is 13.8. The molecule has 6 rings (SSSR count). The summed E-state index contributed by atoms with van der Waals surface area (Å²) in [5, 5.41) is 7.87. The number of nitrogens with two attached hydrogens (primary N) is 1. The van der Waals surface area contributed by atoms with E-state index in [1.807, 2.05) is 60.6 Å². The van der Waals surface area contributed by atoms with E-state index in [1.165, 1.54) is 40.1 Å². The number of alkyl carbamates (subject to hydrolysis) is 2. The number of aromatic nitrogens is 2. The van der Waals surface area contributed by atoms with Gasteiger partial charge in [0.05, 0.1) is 41.8 Å². The summed E-state index contributed by atoms with van der Waals surface area (Å²) < 4.78 is 68.8. The summed E-state index contributed by atoms with van der Waals surface area (Å²) in [7, 11) is -7.48. The summed E-state index contributed by atoms with van der Waals surface area (Å²) in [6.45, 7) is 18.2. The Hall–Kier alpha value is -2.18. The maximum absolute atomic E-state index is 13.1. The number of anilines is 1. The van der Waals surface area contributed by atoms with E-state index in [2.05, 4.69) is 74.2 Å². The molecule has 2 amide bonds. The summed E-state index contributed by atoms with van der Waals surface area (Å²) in [5.41, 5.74) is 6.34. The molecule has 15 nitrogen and oxygen atoms in total. The van der Waals surface area contributed by atoms with Gasteiger partial charge in [-0.2, -0.15) is 0 Å². The Kier molecular flexibility index (Phi) is 22.5. The Morgan fingerprint density at radius 1 is 0.667 bits per heavy atom. The predicted molar refractivity (Wildman–Crippen MR) is 285 cm³/mol. The number of ether oxygens (including phenoxy) is 2. The normalized spacial score (nSPS) is 18.9. The van der Waals surface area contributed by atoms with Crippen LogP contribution in [0.25, 0.3) is 20.9 Å². The number of halogens is 3. The molecule has 2 fully saturated rings. The van der Waals surface area contributed by atoms with E-state index in [0.29, 0.717) is 27.2 Å². The molecule has 2 saturated carbocycles. The van der Waals surface area contributed by atoms with Crippen molar-refractivity contribution in [2.24, 2.45) is 0 Å². The third kappa shape index (κ3) is 19.3. The van der Waals surface area contributed by atoms with Gasteiger partial charge in [0.2, 0.25) is 20.0 Å². The van der Waals surface area contributed by atoms with Gasteiger partial charge in [-0.05, 0) is 145 Å². The van der Waals surface area contributed by atoms with Gasteiger partial charge in [0.1, 0.15) is 0 Å². The number of carbonyl (C=O) groups is 2. The third-order valence-corrected chi connectivity index (χ3v) is 16.9. The van der Waals surface area contributed by atoms with E-state index in [4.69, 9.17) is 15.2 Å². The first-order chi connectivity index (χ1) is 32.1. The number of hydrogen-bond acceptors (Lipinski definition) is 13. The molecule has 0 unspecified atom stereocenters. The minimum absolute atomic E-state index is 0.101. The molecule has 0 radical (unpaired) electrons. The standard InChI is InChI=1S/C23H32BrN3O4S2.C23H34N4O4S2.2BrH.Cu/c2*1-14(2)31-22(28)26-17-9-6-15(7-10-17)21-25-13-19(32-21)18-11-8-16(24)12-20(18)33(29,30)27-23(3,4)5;;;/h8,11-15,17,27H,6-7,9-10H2,1-5H3,(H,26,28);8,11-15,17,27H,6-7,9-10,24H2,1-5H3,(H,26,28);2*1H;/q;;;;+2/p-2. The van der Waals surface area contributed by atoms with Gasteiger partial charge in [0.15, 0.2) is 0 Å². The topological polar surface area (TPSA) is 221 Å². The summed E-state index contributed by atoms with van der Waals surface area (Å²) in [4.78, 5) is 35.0. The number of amides is 2. The number of carbonyl (C=O) groups excluding carboxylic acids is 2. The second-order valence-electron chi connectivity index (χ2n) is 19.6. The molecule has 69 heavy (non-hydrogen) atoms. The fourth-order valence-electron chi connectivity index (χ4n) is 7.80. The van der Waals surface area contributed by atoms with Crippen LogP contribution in [0.2, 0.25) is 0 Å². The van der Waals surface area contributed by atoms with Crippen LogP contribution in [0, 0.1) is 0 Å². The summed E-state index contributed by atoms with van der Waals surface area (Å²) in [5.74, 6) is 0.579. The molecule has 2 aliphatic carbocycles. The second-order valence-corrected chi connectivity index (χ2v) is 30.7.